The molecule has 2 aromatic carbocycles. The van der Waals surface area contributed by atoms with E-state index in [4.69, 9.17) is 0 Å². The van der Waals surface area contributed by atoms with Crippen LogP contribution in [0.25, 0.3) is 0 Å². The molecule has 1 atom stereocenters. The van der Waals surface area contributed by atoms with Gasteiger partial charge >= 0.3 is 6.03 Å². The lowest BCUT2D eigenvalue weighted by Crippen LogP contribution is -2.38. The summed E-state index contributed by atoms with van der Waals surface area (Å²) in [5.41, 5.74) is 2.84. The van der Waals surface area contributed by atoms with Crippen LogP contribution in [0, 0.1) is 5.82 Å². The summed E-state index contributed by atoms with van der Waals surface area (Å²) in [7, 11) is -1.39. The summed E-state index contributed by atoms with van der Waals surface area (Å²) in [5, 5.41) is 5.51. The molecule has 0 aliphatic heterocycles. The van der Waals surface area contributed by atoms with Crippen LogP contribution in [0.3, 0.4) is 0 Å². The molecule has 1 aliphatic rings. The van der Waals surface area contributed by atoms with Gasteiger partial charge in [-0.3, -0.25) is 4.21 Å². The van der Waals surface area contributed by atoms with Gasteiger partial charge in [0.15, 0.2) is 0 Å². The monoisotopic (exact) mass is 332 g/mol. The van der Waals surface area contributed by atoms with Gasteiger partial charge in [0.25, 0.3) is 0 Å². The first-order chi connectivity index (χ1) is 11.0. The zero-order valence-electron chi connectivity index (χ0n) is 12.6. The molecule has 1 aliphatic carbocycles. The molecule has 0 bridgehead atoms. The van der Waals surface area contributed by atoms with Crippen molar-refractivity contribution >= 4 is 22.5 Å². The molecule has 0 radical (unpaired) electrons. The molecular formula is C17H17FN2O2S. The van der Waals surface area contributed by atoms with Crippen molar-refractivity contribution in [3.8, 4) is 0 Å². The highest BCUT2D eigenvalue weighted by atomic mass is 32.2. The van der Waals surface area contributed by atoms with Crippen LogP contribution in [0.5, 0.6) is 0 Å². The van der Waals surface area contributed by atoms with Crippen LogP contribution in [0.15, 0.2) is 47.4 Å². The van der Waals surface area contributed by atoms with E-state index >= 15 is 0 Å². The van der Waals surface area contributed by atoms with Gasteiger partial charge in [-0.2, -0.15) is 0 Å². The lowest BCUT2D eigenvalue weighted by atomic mass is 10.1. The second kappa shape index (κ2) is 6.50. The Hall–Kier alpha value is -2.21. The van der Waals surface area contributed by atoms with Crippen molar-refractivity contribution in [2.75, 3.05) is 11.6 Å². The number of nitrogens with one attached hydrogen (secondary N) is 2. The minimum atomic E-state index is -1.39. The van der Waals surface area contributed by atoms with Crippen molar-refractivity contribution in [3.05, 3.63) is 59.4 Å². The fourth-order valence-electron chi connectivity index (χ4n) is 2.83. The third-order valence-corrected chi connectivity index (χ3v) is 4.84. The van der Waals surface area contributed by atoms with Crippen molar-refractivity contribution in [2.45, 2.75) is 23.8 Å². The standard InChI is InChI=1S/C17H17FN2O2S/c1-23(22)16-7-6-13(10-15(16)18)19-17(21)20-14-8-11-4-2-3-5-12(11)9-14/h2-7,10,14H,8-9H2,1H3,(H2,19,20,21)/t23-/m1/s1. The second-order valence-corrected chi connectivity index (χ2v) is 6.92. The van der Waals surface area contributed by atoms with Gasteiger partial charge in [0.1, 0.15) is 5.82 Å². The maximum Gasteiger partial charge on any atom is 0.319 e. The predicted octanol–water partition coefficient (Wildman–Crippen LogP) is 2.85. The van der Waals surface area contributed by atoms with Crippen molar-refractivity contribution in [1.82, 2.24) is 5.32 Å². The van der Waals surface area contributed by atoms with Crippen LogP contribution in [0.1, 0.15) is 11.1 Å². The van der Waals surface area contributed by atoms with Gasteiger partial charge in [0.2, 0.25) is 0 Å². The topological polar surface area (TPSA) is 58.2 Å². The van der Waals surface area contributed by atoms with E-state index < -0.39 is 16.6 Å². The Morgan fingerprint density at radius 1 is 1.17 bits per heavy atom. The molecule has 4 nitrogen and oxygen atoms in total. The Bertz CT molecular complexity index is 754. The van der Waals surface area contributed by atoms with E-state index in [1.807, 2.05) is 12.1 Å². The van der Waals surface area contributed by atoms with Crippen molar-refractivity contribution < 1.29 is 13.4 Å². The zero-order chi connectivity index (χ0) is 16.4. The lowest BCUT2D eigenvalue weighted by molar-refractivity contribution is 0.249. The van der Waals surface area contributed by atoms with Crippen LogP contribution in [-0.4, -0.2) is 22.5 Å². The van der Waals surface area contributed by atoms with Crippen LogP contribution < -0.4 is 10.6 Å². The Balaban J connectivity index is 1.60. The van der Waals surface area contributed by atoms with E-state index in [1.54, 1.807) is 6.07 Å². The van der Waals surface area contributed by atoms with E-state index in [9.17, 15) is 13.4 Å². The third kappa shape index (κ3) is 3.59. The van der Waals surface area contributed by atoms with Crippen molar-refractivity contribution in [2.24, 2.45) is 0 Å². The second-order valence-electron chi connectivity index (χ2n) is 5.57. The predicted molar refractivity (Wildman–Crippen MR) is 88.5 cm³/mol. The van der Waals surface area contributed by atoms with Gasteiger partial charge in [-0.05, 0) is 42.2 Å². The fraction of sp³-hybridized carbons (Fsp3) is 0.235. The van der Waals surface area contributed by atoms with Gasteiger partial charge in [0.05, 0.1) is 15.7 Å². The number of rotatable bonds is 3. The van der Waals surface area contributed by atoms with Gasteiger partial charge in [-0.25, -0.2) is 9.18 Å². The Labute approximate surface area is 136 Å². The summed E-state index contributed by atoms with van der Waals surface area (Å²) < 4.78 is 25.1. The fourth-order valence-corrected chi connectivity index (χ4v) is 3.42. The SMILES string of the molecule is C[S@@](=O)c1ccc(NC(=O)NC2Cc3ccccc3C2)cc1F. The van der Waals surface area contributed by atoms with E-state index in [-0.39, 0.29) is 17.0 Å². The lowest BCUT2D eigenvalue weighted by Gasteiger charge is -2.13. The quantitative estimate of drug-likeness (QED) is 0.908. The number of urea groups is 1. The molecule has 2 aromatic rings. The summed E-state index contributed by atoms with van der Waals surface area (Å²) in [4.78, 5) is 12.2. The van der Waals surface area contributed by atoms with Gasteiger partial charge in [-0.1, -0.05) is 24.3 Å². The maximum absolute atomic E-state index is 13.8. The zero-order valence-corrected chi connectivity index (χ0v) is 13.5. The highest BCUT2D eigenvalue weighted by Gasteiger charge is 2.22. The van der Waals surface area contributed by atoms with Gasteiger partial charge < -0.3 is 10.6 Å². The van der Waals surface area contributed by atoms with Crippen molar-refractivity contribution in [3.63, 3.8) is 0 Å². The third-order valence-electron chi connectivity index (χ3n) is 3.89. The van der Waals surface area contributed by atoms with E-state index in [0.717, 1.165) is 12.8 Å². The first-order valence-electron chi connectivity index (χ1n) is 7.30. The molecule has 6 heteroatoms. The van der Waals surface area contributed by atoms with Gasteiger partial charge in [-0.15, -0.1) is 0 Å². The molecule has 0 heterocycles. The number of fused-ring (bicyclic) bond motifs is 1. The highest BCUT2D eigenvalue weighted by Crippen LogP contribution is 2.22. The largest absolute Gasteiger partial charge is 0.334 e. The number of carbonyl (C=O) groups is 1. The van der Waals surface area contributed by atoms with E-state index in [2.05, 4.69) is 22.8 Å². The average Bonchev–Trinajstić information content (AvgIpc) is 2.88. The number of hydrogen-bond acceptors (Lipinski definition) is 2. The summed E-state index contributed by atoms with van der Waals surface area (Å²) in [6.07, 6.45) is 3.01. The van der Waals surface area contributed by atoms with Crippen LogP contribution in [0.2, 0.25) is 0 Å². The van der Waals surface area contributed by atoms with Crippen LogP contribution in [-0.2, 0) is 23.6 Å². The number of benzene rings is 2. The average molecular weight is 332 g/mol. The van der Waals surface area contributed by atoms with E-state index in [0.29, 0.717) is 5.69 Å². The Kier molecular flexibility index (Phi) is 4.43. The maximum atomic E-state index is 13.8. The first kappa shape index (κ1) is 15.7. The molecule has 0 spiro atoms. The first-order valence-corrected chi connectivity index (χ1v) is 8.86. The minimum Gasteiger partial charge on any atom is -0.334 e. The number of halogens is 1. The molecule has 0 fully saturated rings. The molecule has 2 amide bonds. The number of carbonyl (C=O) groups excluding carboxylic acids is 1. The Morgan fingerprint density at radius 2 is 1.83 bits per heavy atom. The molecule has 0 saturated heterocycles. The minimum absolute atomic E-state index is 0.0414. The number of anilines is 1. The van der Waals surface area contributed by atoms with Crippen LogP contribution >= 0.6 is 0 Å². The van der Waals surface area contributed by atoms with Crippen LogP contribution in [0.4, 0.5) is 14.9 Å². The smallest absolute Gasteiger partial charge is 0.319 e. The molecular weight excluding hydrogens is 315 g/mol. The summed E-state index contributed by atoms with van der Waals surface area (Å²) in [5.74, 6) is -0.586. The molecule has 0 unspecified atom stereocenters. The summed E-state index contributed by atoms with van der Waals surface area (Å²) in [6, 6.07) is 11.9. The van der Waals surface area contributed by atoms with E-state index in [1.165, 1.54) is 29.5 Å². The Morgan fingerprint density at radius 3 is 2.39 bits per heavy atom. The van der Waals surface area contributed by atoms with Crippen molar-refractivity contribution in [1.29, 1.82) is 0 Å². The number of amides is 2. The normalized spacial score (nSPS) is 15.0. The molecule has 3 rings (SSSR count). The van der Waals surface area contributed by atoms with Gasteiger partial charge in [0, 0.05) is 18.0 Å². The molecule has 0 aromatic heterocycles. The molecule has 2 N–H and O–H groups in total. The highest BCUT2D eigenvalue weighted by molar-refractivity contribution is 7.84. The summed E-state index contributed by atoms with van der Waals surface area (Å²) in [6.45, 7) is 0. The summed E-state index contributed by atoms with van der Waals surface area (Å²) >= 11 is 0. The molecule has 23 heavy (non-hydrogen) atoms. The number of hydrogen-bond donors (Lipinski definition) is 2. The molecule has 120 valence electrons. The molecule has 0 saturated carbocycles.